The fourth-order valence-corrected chi connectivity index (χ4v) is 5.41. The smallest absolute Gasteiger partial charge is 0.338 e. The van der Waals surface area contributed by atoms with Crippen molar-refractivity contribution in [3.63, 3.8) is 0 Å². The molecule has 1 aromatic heterocycles. The van der Waals surface area contributed by atoms with Crippen LogP contribution in [0.25, 0.3) is 0 Å². The lowest BCUT2D eigenvalue weighted by atomic mass is 10.2. The molecule has 0 bridgehead atoms. The SMILES string of the molecule is O=C(COC(=O)c1ccc(Cl)c(S(=O)(=O)Nc2cc(Cl)ccc2Cl)c1)Nc1ncc(Br)s1. The summed E-state index contributed by atoms with van der Waals surface area (Å²) in [5.41, 5.74) is -0.0922. The summed E-state index contributed by atoms with van der Waals surface area (Å²) in [7, 11) is -4.23. The van der Waals surface area contributed by atoms with Gasteiger partial charge in [-0.2, -0.15) is 0 Å². The third-order valence-electron chi connectivity index (χ3n) is 3.69. The second-order valence-electron chi connectivity index (χ2n) is 5.97. The number of carbonyl (C=O) groups is 2. The zero-order valence-corrected chi connectivity index (χ0v) is 21.1. The topological polar surface area (TPSA) is 114 Å². The van der Waals surface area contributed by atoms with Crippen LogP contribution < -0.4 is 10.0 Å². The number of nitrogens with one attached hydrogen (secondary N) is 2. The molecule has 0 unspecified atom stereocenters. The van der Waals surface area contributed by atoms with Gasteiger partial charge >= 0.3 is 5.97 Å². The lowest BCUT2D eigenvalue weighted by molar-refractivity contribution is -0.119. The first-order valence-corrected chi connectivity index (χ1v) is 12.6. The van der Waals surface area contributed by atoms with Gasteiger partial charge in [0.1, 0.15) is 4.90 Å². The monoisotopic (exact) mass is 597 g/mol. The van der Waals surface area contributed by atoms with Crippen LogP contribution >= 0.6 is 62.1 Å². The van der Waals surface area contributed by atoms with Gasteiger partial charge in [-0.15, -0.1) is 0 Å². The molecular weight excluding hydrogens is 589 g/mol. The normalized spacial score (nSPS) is 11.1. The number of amides is 1. The van der Waals surface area contributed by atoms with Gasteiger partial charge in [-0.25, -0.2) is 18.2 Å². The van der Waals surface area contributed by atoms with Gasteiger partial charge < -0.3 is 4.74 Å². The number of sulfonamides is 1. The van der Waals surface area contributed by atoms with Crippen molar-refractivity contribution >= 4 is 94.8 Å². The number of halogens is 4. The highest BCUT2D eigenvalue weighted by Gasteiger charge is 2.22. The Morgan fingerprint density at radius 1 is 1.09 bits per heavy atom. The van der Waals surface area contributed by atoms with Crippen LogP contribution in [0.1, 0.15) is 10.4 Å². The van der Waals surface area contributed by atoms with Crippen LogP contribution in [-0.4, -0.2) is 31.9 Å². The number of carbonyl (C=O) groups excluding carboxylic acids is 2. The number of rotatable bonds is 7. The molecule has 2 aromatic carbocycles. The van der Waals surface area contributed by atoms with E-state index in [4.69, 9.17) is 39.5 Å². The molecule has 0 saturated carbocycles. The van der Waals surface area contributed by atoms with E-state index in [1.54, 1.807) is 0 Å². The quantitative estimate of drug-likeness (QED) is 0.349. The number of esters is 1. The first-order valence-electron chi connectivity index (χ1n) is 8.41. The molecule has 2 N–H and O–H groups in total. The minimum Gasteiger partial charge on any atom is -0.452 e. The standard InChI is InChI=1S/C18H11BrCl3N3O5S2/c19-15-7-23-18(31-15)24-16(26)8-30-17(27)9-1-3-12(22)14(5-9)32(28,29)25-13-6-10(20)2-4-11(13)21/h1-7,25H,8H2,(H,23,24,26). The van der Waals surface area contributed by atoms with Gasteiger partial charge in [0.15, 0.2) is 11.7 Å². The molecule has 14 heteroatoms. The Kier molecular flexibility index (Phi) is 8.01. The molecule has 1 heterocycles. The lowest BCUT2D eigenvalue weighted by Crippen LogP contribution is -2.21. The third-order valence-corrected chi connectivity index (χ3v) is 7.49. The Morgan fingerprint density at radius 3 is 2.50 bits per heavy atom. The number of ether oxygens (including phenoxy) is 1. The highest BCUT2D eigenvalue weighted by molar-refractivity contribution is 9.11. The van der Waals surface area contributed by atoms with Gasteiger partial charge in [-0.1, -0.05) is 46.1 Å². The van der Waals surface area contributed by atoms with Gasteiger partial charge in [0, 0.05) is 5.02 Å². The predicted molar refractivity (Wildman–Crippen MR) is 127 cm³/mol. The Hall–Kier alpha value is -1.89. The summed E-state index contributed by atoms with van der Waals surface area (Å²) in [6.07, 6.45) is 1.51. The molecule has 168 valence electrons. The van der Waals surface area contributed by atoms with E-state index in [0.717, 1.165) is 6.07 Å². The molecule has 0 saturated heterocycles. The largest absolute Gasteiger partial charge is 0.452 e. The van der Waals surface area contributed by atoms with Crippen LogP contribution in [0.4, 0.5) is 10.8 Å². The lowest BCUT2D eigenvalue weighted by Gasteiger charge is -2.12. The molecule has 3 aromatic rings. The molecule has 0 atom stereocenters. The summed E-state index contributed by atoms with van der Waals surface area (Å²) in [5, 5.41) is 3.02. The molecule has 1 amide bonds. The van der Waals surface area contributed by atoms with Crippen molar-refractivity contribution < 1.29 is 22.7 Å². The number of aromatic nitrogens is 1. The van der Waals surface area contributed by atoms with Crippen molar-refractivity contribution in [2.75, 3.05) is 16.6 Å². The van der Waals surface area contributed by atoms with Crippen LogP contribution in [0, 0.1) is 0 Å². The summed E-state index contributed by atoms with van der Waals surface area (Å²) < 4.78 is 33.6. The Morgan fingerprint density at radius 2 is 1.81 bits per heavy atom. The Balaban J connectivity index is 1.73. The van der Waals surface area contributed by atoms with E-state index in [9.17, 15) is 18.0 Å². The number of nitrogens with zero attached hydrogens (tertiary/aromatic N) is 1. The van der Waals surface area contributed by atoms with Gasteiger partial charge in [0.05, 0.1) is 31.3 Å². The maximum atomic E-state index is 12.8. The first-order chi connectivity index (χ1) is 15.0. The first kappa shape index (κ1) is 24.7. The number of anilines is 2. The average molecular weight is 600 g/mol. The summed E-state index contributed by atoms with van der Waals surface area (Å²) in [5.74, 6) is -1.53. The molecule has 0 spiro atoms. The molecule has 0 radical (unpaired) electrons. The van der Waals surface area contributed by atoms with E-state index in [1.165, 1.54) is 47.9 Å². The van der Waals surface area contributed by atoms with Gasteiger partial charge in [0.2, 0.25) is 0 Å². The molecule has 32 heavy (non-hydrogen) atoms. The van der Waals surface area contributed by atoms with Crippen molar-refractivity contribution in [3.8, 4) is 0 Å². The molecule has 3 rings (SSSR count). The second kappa shape index (κ2) is 10.4. The minimum atomic E-state index is -4.23. The number of thiazole rings is 1. The van der Waals surface area contributed by atoms with Crippen molar-refractivity contribution in [1.82, 2.24) is 4.98 Å². The van der Waals surface area contributed by atoms with Crippen molar-refractivity contribution in [1.29, 1.82) is 0 Å². The van der Waals surface area contributed by atoms with Crippen molar-refractivity contribution in [2.24, 2.45) is 0 Å². The van der Waals surface area contributed by atoms with E-state index < -0.39 is 28.5 Å². The fourth-order valence-electron chi connectivity index (χ4n) is 2.29. The summed E-state index contributed by atoms with van der Waals surface area (Å²) in [4.78, 5) is 27.8. The number of hydrogen-bond acceptors (Lipinski definition) is 7. The van der Waals surface area contributed by atoms with Gasteiger partial charge in [-0.3, -0.25) is 14.8 Å². The van der Waals surface area contributed by atoms with Crippen LogP contribution in [0.5, 0.6) is 0 Å². The van der Waals surface area contributed by atoms with Gasteiger partial charge in [0.25, 0.3) is 15.9 Å². The van der Waals surface area contributed by atoms with Crippen LogP contribution in [-0.2, 0) is 19.6 Å². The molecular formula is C18H11BrCl3N3O5S2. The molecule has 8 nitrogen and oxygen atoms in total. The molecule has 0 aliphatic heterocycles. The number of benzene rings is 2. The molecule has 0 aliphatic rings. The summed E-state index contributed by atoms with van der Waals surface area (Å²) >= 11 is 22.3. The zero-order valence-electron chi connectivity index (χ0n) is 15.6. The van der Waals surface area contributed by atoms with Crippen LogP contribution in [0.15, 0.2) is 51.3 Å². The third kappa shape index (κ3) is 6.33. The van der Waals surface area contributed by atoms with Crippen LogP contribution in [0.3, 0.4) is 0 Å². The number of hydrogen-bond donors (Lipinski definition) is 2. The summed E-state index contributed by atoms with van der Waals surface area (Å²) in [6, 6.07) is 7.76. The molecule has 0 fully saturated rings. The minimum absolute atomic E-state index is 0.0358. The van der Waals surface area contributed by atoms with Crippen molar-refractivity contribution in [2.45, 2.75) is 4.90 Å². The van der Waals surface area contributed by atoms with Gasteiger partial charge in [-0.05, 0) is 52.3 Å². The zero-order chi connectivity index (χ0) is 23.5. The average Bonchev–Trinajstić information content (AvgIpc) is 3.13. The highest BCUT2D eigenvalue weighted by Crippen LogP contribution is 2.30. The maximum Gasteiger partial charge on any atom is 0.338 e. The van der Waals surface area contributed by atoms with E-state index in [-0.39, 0.29) is 31.2 Å². The van der Waals surface area contributed by atoms with E-state index in [1.807, 2.05) is 0 Å². The van der Waals surface area contributed by atoms with E-state index in [0.29, 0.717) is 8.92 Å². The summed E-state index contributed by atoms with van der Waals surface area (Å²) in [6.45, 7) is -0.600. The Bertz CT molecular complexity index is 1300. The van der Waals surface area contributed by atoms with E-state index >= 15 is 0 Å². The molecule has 0 aliphatic carbocycles. The maximum absolute atomic E-state index is 12.8. The van der Waals surface area contributed by atoms with E-state index in [2.05, 4.69) is 31.0 Å². The van der Waals surface area contributed by atoms with Crippen molar-refractivity contribution in [3.05, 3.63) is 67.0 Å². The van der Waals surface area contributed by atoms with Crippen LogP contribution in [0.2, 0.25) is 15.1 Å². The Labute approximate surface area is 210 Å². The highest BCUT2D eigenvalue weighted by atomic mass is 79.9. The second-order valence-corrected chi connectivity index (χ2v) is 11.3. The predicted octanol–water partition coefficient (Wildman–Crippen LogP) is 5.46. The fraction of sp³-hybridized carbons (Fsp3) is 0.0556.